The van der Waals surface area contributed by atoms with Gasteiger partial charge in [-0.3, -0.25) is 0 Å². The number of carbonyl (C=O) groups is 1. The molecule has 1 atom stereocenters. The maximum atomic E-state index is 13.4. The van der Waals surface area contributed by atoms with E-state index in [1.165, 1.54) is 12.1 Å². The molecule has 26 heavy (non-hydrogen) atoms. The van der Waals surface area contributed by atoms with E-state index in [1.807, 2.05) is 0 Å². The first kappa shape index (κ1) is 16.7. The molecular weight excluding hydrogens is 337 g/mol. The zero-order chi connectivity index (χ0) is 18.1. The molecule has 2 heterocycles. The van der Waals surface area contributed by atoms with Crippen LogP contribution in [-0.2, 0) is 17.9 Å². The molecule has 6 nitrogen and oxygen atoms in total. The number of hydrogen-bond acceptors (Lipinski definition) is 4. The van der Waals surface area contributed by atoms with Gasteiger partial charge in [0, 0.05) is 19.2 Å². The van der Waals surface area contributed by atoms with Crippen molar-refractivity contribution in [2.24, 2.45) is 0 Å². The van der Waals surface area contributed by atoms with Gasteiger partial charge in [0.05, 0.1) is 29.2 Å². The number of imidazole rings is 1. The molecule has 1 aromatic heterocycles. The van der Waals surface area contributed by atoms with Crippen molar-refractivity contribution in [3.05, 3.63) is 65.2 Å². The molecular formula is C19H18FN3O3. The first-order valence-corrected chi connectivity index (χ1v) is 8.39. The molecule has 0 fully saturated rings. The number of rotatable bonds is 5. The first-order chi connectivity index (χ1) is 12.6. The van der Waals surface area contributed by atoms with E-state index in [-0.39, 0.29) is 17.4 Å². The number of ether oxygens (including phenoxy) is 1. The fraction of sp³-hybridized carbons (Fsp3) is 0.263. The Hall–Kier alpha value is -2.77. The Labute approximate surface area is 149 Å². The maximum Gasteiger partial charge on any atom is 0.335 e. The molecule has 2 N–H and O–H groups in total. The summed E-state index contributed by atoms with van der Waals surface area (Å²) in [5.41, 5.74) is 2.82. The molecule has 0 spiro atoms. The van der Waals surface area contributed by atoms with Crippen LogP contribution in [0.25, 0.3) is 11.0 Å². The number of halogens is 1. The van der Waals surface area contributed by atoms with Gasteiger partial charge < -0.3 is 19.7 Å². The summed E-state index contributed by atoms with van der Waals surface area (Å²) >= 11 is 0. The highest BCUT2D eigenvalue weighted by Gasteiger charge is 2.23. The average Bonchev–Trinajstić information content (AvgIpc) is 3.00. The number of fused-ring (bicyclic) bond motifs is 3. The van der Waals surface area contributed by atoms with Gasteiger partial charge in [0.2, 0.25) is 0 Å². The Bertz CT molecular complexity index is 953. The quantitative estimate of drug-likeness (QED) is 0.736. The molecule has 1 aliphatic heterocycles. The van der Waals surface area contributed by atoms with Gasteiger partial charge >= 0.3 is 5.97 Å². The average molecular weight is 355 g/mol. The lowest BCUT2D eigenvalue weighted by Crippen LogP contribution is -2.32. The lowest BCUT2D eigenvalue weighted by Gasteiger charge is -2.26. The highest BCUT2D eigenvalue weighted by Crippen LogP contribution is 2.26. The van der Waals surface area contributed by atoms with Crippen LogP contribution in [0.2, 0.25) is 0 Å². The van der Waals surface area contributed by atoms with Crippen LogP contribution in [0, 0.1) is 5.82 Å². The van der Waals surface area contributed by atoms with Crippen LogP contribution in [0.4, 0.5) is 4.39 Å². The minimum Gasteiger partial charge on any atom is -0.478 e. The molecule has 0 bridgehead atoms. The zero-order valence-electron chi connectivity index (χ0n) is 14.0. The predicted molar refractivity (Wildman–Crippen MR) is 93.5 cm³/mol. The zero-order valence-corrected chi connectivity index (χ0v) is 14.0. The smallest absolute Gasteiger partial charge is 0.335 e. The van der Waals surface area contributed by atoms with E-state index in [9.17, 15) is 9.18 Å². The standard InChI is InChI=1S/C19H18FN3O3/c20-14-5-6-17-16(7-14)22-18-11-26-10-15(23(17)18)9-21-8-12-1-3-13(4-2-12)19(24)25/h1-7,15,21H,8-11H2,(H,24,25). The summed E-state index contributed by atoms with van der Waals surface area (Å²) in [7, 11) is 0. The van der Waals surface area contributed by atoms with Crippen LogP contribution in [-0.4, -0.2) is 33.8 Å². The number of aromatic carboxylic acids is 1. The summed E-state index contributed by atoms with van der Waals surface area (Å²) in [4.78, 5) is 15.4. The first-order valence-electron chi connectivity index (χ1n) is 8.39. The summed E-state index contributed by atoms with van der Waals surface area (Å²) in [6.07, 6.45) is 0. The van der Waals surface area contributed by atoms with Gasteiger partial charge in [0.1, 0.15) is 18.2 Å². The van der Waals surface area contributed by atoms with Gasteiger partial charge in [-0.25, -0.2) is 14.2 Å². The van der Waals surface area contributed by atoms with Crippen LogP contribution in [0.15, 0.2) is 42.5 Å². The summed E-state index contributed by atoms with van der Waals surface area (Å²) in [6.45, 7) is 2.26. The second-order valence-electron chi connectivity index (χ2n) is 6.33. The van der Waals surface area contributed by atoms with E-state index >= 15 is 0 Å². The van der Waals surface area contributed by atoms with Crippen molar-refractivity contribution in [1.29, 1.82) is 0 Å². The lowest BCUT2D eigenvalue weighted by atomic mass is 10.1. The van der Waals surface area contributed by atoms with Crippen LogP contribution in [0.1, 0.15) is 27.8 Å². The van der Waals surface area contributed by atoms with E-state index < -0.39 is 5.97 Å². The van der Waals surface area contributed by atoms with E-state index in [0.717, 1.165) is 16.9 Å². The van der Waals surface area contributed by atoms with Gasteiger partial charge in [-0.05, 0) is 29.8 Å². The Morgan fingerprint density at radius 3 is 2.88 bits per heavy atom. The number of nitrogens with zero attached hydrogens (tertiary/aromatic N) is 2. The molecule has 0 radical (unpaired) electrons. The molecule has 1 aliphatic rings. The molecule has 2 aromatic carbocycles. The molecule has 4 rings (SSSR count). The molecule has 7 heteroatoms. The summed E-state index contributed by atoms with van der Waals surface area (Å²) in [5, 5.41) is 12.3. The molecule has 0 amide bonds. The van der Waals surface area contributed by atoms with E-state index in [1.54, 1.807) is 30.3 Å². The summed E-state index contributed by atoms with van der Waals surface area (Å²) in [6, 6.07) is 11.5. The largest absolute Gasteiger partial charge is 0.478 e. The van der Waals surface area contributed by atoms with Crippen molar-refractivity contribution in [1.82, 2.24) is 14.9 Å². The van der Waals surface area contributed by atoms with Crippen LogP contribution in [0.5, 0.6) is 0 Å². The van der Waals surface area contributed by atoms with Crippen LogP contribution < -0.4 is 5.32 Å². The number of hydrogen-bond donors (Lipinski definition) is 2. The van der Waals surface area contributed by atoms with Gasteiger partial charge in [-0.15, -0.1) is 0 Å². The number of aromatic nitrogens is 2. The number of carboxylic acid groups (broad SMARTS) is 1. The van der Waals surface area contributed by atoms with Crippen molar-refractivity contribution in [2.45, 2.75) is 19.2 Å². The third-order valence-corrected chi connectivity index (χ3v) is 4.54. The molecule has 0 aliphatic carbocycles. The van der Waals surface area contributed by atoms with Crippen LogP contribution >= 0.6 is 0 Å². The van der Waals surface area contributed by atoms with E-state index in [2.05, 4.69) is 14.9 Å². The second kappa shape index (κ2) is 6.86. The third kappa shape index (κ3) is 3.18. The fourth-order valence-corrected chi connectivity index (χ4v) is 3.29. The molecule has 1 unspecified atom stereocenters. The number of carboxylic acids is 1. The Morgan fingerprint density at radius 1 is 1.31 bits per heavy atom. The van der Waals surface area contributed by atoms with Crippen molar-refractivity contribution in [3.63, 3.8) is 0 Å². The predicted octanol–water partition coefficient (Wildman–Crippen LogP) is 2.73. The van der Waals surface area contributed by atoms with E-state index in [4.69, 9.17) is 9.84 Å². The number of benzene rings is 2. The minimum atomic E-state index is -0.931. The normalized spacial score (nSPS) is 16.6. The van der Waals surface area contributed by atoms with Crippen molar-refractivity contribution >= 4 is 17.0 Å². The van der Waals surface area contributed by atoms with E-state index in [0.29, 0.717) is 31.8 Å². The second-order valence-corrected chi connectivity index (χ2v) is 6.33. The Balaban J connectivity index is 1.47. The van der Waals surface area contributed by atoms with Crippen molar-refractivity contribution in [3.8, 4) is 0 Å². The monoisotopic (exact) mass is 355 g/mol. The Kier molecular flexibility index (Phi) is 4.40. The summed E-state index contributed by atoms with van der Waals surface area (Å²) < 4.78 is 21.2. The SMILES string of the molecule is O=C(O)c1ccc(CNCC2COCc3nc4cc(F)ccc4n32)cc1. The fourth-order valence-electron chi connectivity index (χ4n) is 3.29. The highest BCUT2D eigenvalue weighted by molar-refractivity contribution is 5.87. The van der Waals surface area contributed by atoms with Gasteiger partial charge in [0.25, 0.3) is 0 Å². The van der Waals surface area contributed by atoms with Crippen molar-refractivity contribution in [2.75, 3.05) is 13.2 Å². The van der Waals surface area contributed by atoms with Gasteiger partial charge in [-0.2, -0.15) is 0 Å². The Morgan fingerprint density at radius 2 is 2.12 bits per heavy atom. The third-order valence-electron chi connectivity index (χ3n) is 4.54. The topological polar surface area (TPSA) is 76.4 Å². The summed E-state index contributed by atoms with van der Waals surface area (Å²) in [5.74, 6) is -0.428. The highest BCUT2D eigenvalue weighted by atomic mass is 19.1. The molecule has 3 aromatic rings. The maximum absolute atomic E-state index is 13.4. The van der Waals surface area contributed by atoms with Crippen molar-refractivity contribution < 1.29 is 19.0 Å². The van der Waals surface area contributed by atoms with Crippen LogP contribution in [0.3, 0.4) is 0 Å². The lowest BCUT2D eigenvalue weighted by molar-refractivity contribution is 0.0564. The molecule has 0 saturated carbocycles. The molecule has 134 valence electrons. The minimum absolute atomic E-state index is 0.0625. The van der Waals surface area contributed by atoms with Gasteiger partial charge in [-0.1, -0.05) is 12.1 Å². The number of nitrogens with one attached hydrogen (secondary N) is 1. The molecule has 0 saturated heterocycles. The van der Waals surface area contributed by atoms with Gasteiger partial charge in [0.15, 0.2) is 0 Å².